The first kappa shape index (κ1) is 22.4. The lowest BCUT2D eigenvalue weighted by molar-refractivity contribution is -0.136. The van der Waals surface area contributed by atoms with Crippen molar-refractivity contribution in [3.8, 4) is 0 Å². The van der Waals surface area contributed by atoms with Gasteiger partial charge in [-0.15, -0.1) is 11.3 Å². The van der Waals surface area contributed by atoms with E-state index in [0.717, 1.165) is 11.3 Å². The van der Waals surface area contributed by atoms with Crippen LogP contribution < -0.4 is 5.32 Å². The number of carbonyl (C=O) groups is 1. The lowest BCUT2D eigenvalue weighted by Gasteiger charge is -2.37. The Morgan fingerprint density at radius 2 is 2.20 bits per heavy atom. The molecule has 0 radical (unpaired) electrons. The molecule has 0 saturated carbocycles. The van der Waals surface area contributed by atoms with Crippen LogP contribution in [-0.4, -0.2) is 58.8 Å². The fourth-order valence-electron chi connectivity index (χ4n) is 4.93. The van der Waals surface area contributed by atoms with Crippen molar-refractivity contribution in [3.63, 3.8) is 0 Å². The minimum atomic E-state index is -0.802. The van der Waals surface area contributed by atoms with Gasteiger partial charge in [0.25, 0.3) is 0 Å². The van der Waals surface area contributed by atoms with Crippen LogP contribution in [-0.2, 0) is 14.3 Å². The van der Waals surface area contributed by atoms with E-state index in [9.17, 15) is 9.18 Å². The second kappa shape index (κ2) is 8.83. The molecule has 3 atom stereocenters. The largest absolute Gasteiger partial charge is 0.466 e. The number of halogens is 2. The van der Waals surface area contributed by atoms with Crippen molar-refractivity contribution in [2.75, 3.05) is 26.9 Å². The van der Waals surface area contributed by atoms with Crippen LogP contribution in [0.4, 0.5) is 4.39 Å². The van der Waals surface area contributed by atoms with Crippen LogP contribution in [0, 0.1) is 5.82 Å². The Balaban J connectivity index is 1.46. The van der Waals surface area contributed by atoms with E-state index in [2.05, 4.69) is 25.4 Å². The number of thiazole rings is 1. The number of nitrogens with one attached hydrogen (secondary N) is 2. The summed E-state index contributed by atoms with van der Waals surface area (Å²) in [6.07, 6.45) is 3.51. The summed E-state index contributed by atoms with van der Waals surface area (Å²) in [5, 5.41) is 13.3. The number of esters is 1. The highest BCUT2D eigenvalue weighted by Gasteiger charge is 2.45. The first-order chi connectivity index (χ1) is 17.0. The molecule has 2 unspecified atom stereocenters. The zero-order chi connectivity index (χ0) is 24.1. The molecule has 0 spiro atoms. The zero-order valence-electron chi connectivity index (χ0n) is 18.5. The molecule has 2 aromatic heterocycles. The van der Waals surface area contributed by atoms with Crippen LogP contribution in [0.1, 0.15) is 40.0 Å². The van der Waals surface area contributed by atoms with Crippen LogP contribution in [0.5, 0.6) is 0 Å². The Hall–Kier alpha value is -3.12. The predicted molar refractivity (Wildman–Crippen MR) is 127 cm³/mol. The maximum absolute atomic E-state index is 13.8. The molecule has 0 amide bonds. The number of hydrogen-bond donors (Lipinski definition) is 2. The highest BCUT2D eigenvalue weighted by atomic mass is 35.5. The fourth-order valence-corrected chi connectivity index (χ4v) is 5.78. The summed E-state index contributed by atoms with van der Waals surface area (Å²) in [6, 6.07) is 3.22. The van der Waals surface area contributed by atoms with E-state index in [0.29, 0.717) is 47.4 Å². The number of aliphatic imine (C=N–C) groups is 1. The number of aromatic amines is 1. The van der Waals surface area contributed by atoms with Crippen LogP contribution >= 0.6 is 22.9 Å². The number of fused-ring (bicyclic) bond motifs is 5. The molecule has 180 valence electrons. The fraction of sp³-hybridized carbons (Fsp3) is 0.304. The van der Waals surface area contributed by atoms with E-state index in [1.165, 1.54) is 30.6 Å². The van der Waals surface area contributed by atoms with Crippen LogP contribution in [0.2, 0.25) is 5.02 Å². The van der Waals surface area contributed by atoms with Crippen molar-refractivity contribution in [1.82, 2.24) is 25.4 Å². The van der Waals surface area contributed by atoms with Gasteiger partial charge in [-0.1, -0.05) is 17.7 Å². The number of ether oxygens (including phenoxy) is 2. The first-order valence-electron chi connectivity index (χ1n) is 10.9. The Labute approximate surface area is 208 Å². The molecule has 6 rings (SSSR count). The standard InChI is InChI=1S/C23H20ClFN6O3S/c1-33-23(32)18-15(8-31-16-9-34-10-17(31)19-13(16)7-27-30-19)28-21(22-26-4-5-35-22)29-20(18)12-3-2-11(25)6-14(12)24/h2-7,16-17,20H,8-10H2,1H3,(H,27,30)(H,28,29)/t16?,17?,20-/m0/s1. The molecule has 2 N–H and O–H groups in total. The molecule has 3 aliphatic rings. The third-order valence-electron chi connectivity index (χ3n) is 6.51. The van der Waals surface area contributed by atoms with Crippen LogP contribution in [0.25, 0.3) is 0 Å². The van der Waals surface area contributed by atoms with Gasteiger partial charge in [0.1, 0.15) is 11.9 Å². The summed E-state index contributed by atoms with van der Waals surface area (Å²) >= 11 is 7.85. The van der Waals surface area contributed by atoms with Crippen molar-refractivity contribution in [2.24, 2.45) is 4.99 Å². The maximum Gasteiger partial charge on any atom is 0.338 e. The zero-order valence-corrected chi connectivity index (χ0v) is 20.1. The van der Waals surface area contributed by atoms with Gasteiger partial charge >= 0.3 is 5.97 Å². The third kappa shape index (κ3) is 3.75. The van der Waals surface area contributed by atoms with Crippen molar-refractivity contribution in [1.29, 1.82) is 0 Å². The summed E-state index contributed by atoms with van der Waals surface area (Å²) in [7, 11) is 1.32. The Kier molecular flexibility index (Phi) is 5.64. The summed E-state index contributed by atoms with van der Waals surface area (Å²) in [5.74, 6) is -0.505. The van der Waals surface area contributed by atoms with Gasteiger partial charge in [-0.05, 0) is 12.1 Å². The normalized spacial score (nSPS) is 23.6. The van der Waals surface area contributed by atoms with E-state index in [4.69, 9.17) is 26.1 Å². The number of H-pyrrole nitrogens is 1. The number of benzene rings is 1. The number of aromatic nitrogens is 3. The van der Waals surface area contributed by atoms with Gasteiger partial charge in [0.15, 0.2) is 10.8 Å². The van der Waals surface area contributed by atoms with Gasteiger partial charge in [0.05, 0.1) is 49.9 Å². The van der Waals surface area contributed by atoms with Gasteiger partial charge in [-0.25, -0.2) is 14.2 Å². The highest BCUT2D eigenvalue weighted by molar-refractivity contribution is 7.11. The quantitative estimate of drug-likeness (QED) is 0.503. The molecule has 1 aromatic carbocycles. The smallest absolute Gasteiger partial charge is 0.338 e. The molecule has 5 heterocycles. The average Bonchev–Trinajstić information content (AvgIpc) is 3.58. The van der Waals surface area contributed by atoms with Gasteiger partial charge in [0, 0.05) is 40.0 Å². The second-order valence-electron chi connectivity index (χ2n) is 8.37. The molecule has 35 heavy (non-hydrogen) atoms. The van der Waals surface area contributed by atoms with Gasteiger partial charge in [0.2, 0.25) is 0 Å². The summed E-state index contributed by atoms with van der Waals surface area (Å²) < 4.78 is 24.8. The second-order valence-corrected chi connectivity index (χ2v) is 9.67. The molecular formula is C23H20ClFN6O3S. The minimum absolute atomic E-state index is 0.00858. The number of hydrogen-bond acceptors (Lipinski definition) is 9. The number of morpholine rings is 1. The van der Waals surface area contributed by atoms with E-state index in [-0.39, 0.29) is 17.1 Å². The predicted octanol–water partition coefficient (Wildman–Crippen LogP) is 3.31. The molecule has 2 bridgehead atoms. The van der Waals surface area contributed by atoms with E-state index < -0.39 is 17.8 Å². The molecule has 12 heteroatoms. The summed E-state index contributed by atoms with van der Waals surface area (Å²) in [6.45, 7) is 1.42. The number of nitrogens with zero attached hydrogens (tertiary/aromatic N) is 4. The molecule has 9 nitrogen and oxygen atoms in total. The monoisotopic (exact) mass is 514 g/mol. The Bertz CT molecular complexity index is 1330. The summed E-state index contributed by atoms with van der Waals surface area (Å²) in [4.78, 5) is 24.6. The van der Waals surface area contributed by atoms with E-state index >= 15 is 0 Å². The van der Waals surface area contributed by atoms with E-state index in [1.807, 2.05) is 11.6 Å². The van der Waals surface area contributed by atoms with Crippen LogP contribution in [0.3, 0.4) is 0 Å². The van der Waals surface area contributed by atoms with Gasteiger partial charge < -0.3 is 14.8 Å². The molecule has 1 saturated heterocycles. The number of carbonyl (C=O) groups excluding carboxylic acids is 1. The number of amidine groups is 1. The molecule has 1 fully saturated rings. The Morgan fingerprint density at radius 3 is 2.97 bits per heavy atom. The SMILES string of the molecule is COC(=O)C1=C(CN2C3COCC2c2[nH]ncc23)NC(c2nccs2)=N[C@H]1c1ccc(F)cc1Cl. The first-order valence-corrected chi connectivity index (χ1v) is 12.2. The lowest BCUT2D eigenvalue weighted by Crippen LogP contribution is -2.43. The molecule has 0 aliphatic carbocycles. The van der Waals surface area contributed by atoms with Gasteiger partial charge in [-0.2, -0.15) is 5.10 Å². The lowest BCUT2D eigenvalue weighted by atomic mass is 9.95. The molecule has 3 aromatic rings. The third-order valence-corrected chi connectivity index (χ3v) is 7.62. The minimum Gasteiger partial charge on any atom is -0.466 e. The van der Waals surface area contributed by atoms with Crippen molar-refractivity contribution in [3.05, 3.63) is 79.9 Å². The highest BCUT2D eigenvalue weighted by Crippen LogP contribution is 2.45. The number of methoxy groups -OCH3 is 1. The topological polar surface area (TPSA) is 105 Å². The Morgan fingerprint density at radius 1 is 1.34 bits per heavy atom. The average molecular weight is 515 g/mol. The summed E-state index contributed by atoms with van der Waals surface area (Å²) in [5.41, 5.74) is 3.55. The molecule has 3 aliphatic heterocycles. The van der Waals surface area contributed by atoms with E-state index in [1.54, 1.807) is 12.3 Å². The number of rotatable bonds is 5. The maximum atomic E-state index is 13.8. The van der Waals surface area contributed by atoms with Crippen molar-refractivity contribution >= 4 is 34.7 Å². The molecular weight excluding hydrogens is 495 g/mol. The van der Waals surface area contributed by atoms with Gasteiger partial charge in [-0.3, -0.25) is 15.0 Å². The van der Waals surface area contributed by atoms with Crippen LogP contribution in [0.15, 0.2) is 52.2 Å². The van der Waals surface area contributed by atoms with Crippen molar-refractivity contribution in [2.45, 2.75) is 18.1 Å². The van der Waals surface area contributed by atoms with Crippen molar-refractivity contribution < 1.29 is 18.7 Å².